The lowest BCUT2D eigenvalue weighted by Gasteiger charge is -2.48. The lowest BCUT2D eigenvalue weighted by Crippen LogP contribution is -2.54. The molecular formula is C18H28N4O2S. The van der Waals surface area contributed by atoms with Gasteiger partial charge in [-0.15, -0.1) is 11.3 Å². The third kappa shape index (κ3) is 4.14. The molecule has 2 fully saturated rings. The van der Waals surface area contributed by atoms with E-state index in [2.05, 4.69) is 28.6 Å². The molecule has 1 unspecified atom stereocenters. The maximum absolute atomic E-state index is 12.3. The Labute approximate surface area is 153 Å². The number of rotatable bonds is 5. The van der Waals surface area contributed by atoms with Crippen molar-refractivity contribution in [1.29, 1.82) is 0 Å². The van der Waals surface area contributed by atoms with Gasteiger partial charge in [-0.05, 0) is 31.6 Å². The zero-order valence-corrected chi connectivity index (χ0v) is 16.0. The largest absolute Gasteiger partial charge is 0.364 e. The molecule has 0 bridgehead atoms. The van der Waals surface area contributed by atoms with Crippen molar-refractivity contribution in [3.63, 3.8) is 0 Å². The Morgan fingerprint density at radius 3 is 2.88 bits per heavy atom. The molecule has 6 nitrogen and oxygen atoms in total. The highest BCUT2D eigenvalue weighted by Gasteiger charge is 2.42. The molecule has 1 atom stereocenters. The summed E-state index contributed by atoms with van der Waals surface area (Å²) in [4.78, 5) is 32.4. The summed E-state index contributed by atoms with van der Waals surface area (Å²) in [6.45, 7) is 7.97. The minimum absolute atomic E-state index is 0.154. The predicted octanol–water partition coefficient (Wildman–Crippen LogP) is 2.50. The molecule has 1 aromatic heterocycles. The zero-order valence-electron chi connectivity index (χ0n) is 15.2. The summed E-state index contributed by atoms with van der Waals surface area (Å²) in [7, 11) is 0. The van der Waals surface area contributed by atoms with Crippen LogP contribution in [0.3, 0.4) is 0 Å². The summed E-state index contributed by atoms with van der Waals surface area (Å²) >= 11 is 1.48. The van der Waals surface area contributed by atoms with Gasteiger partial charge >= 0.3 is 0 Å². The number of primary amides is 1. The first-order valence-electron chi connectivity index (χ1n) is 9.17. The number of hydrogen-bond donors (Lipinski definition) is 1. The zero-order chi connectivity index (χ0) is 18.0. The third-order valence-electron chi connectivity index (χ3n) is 5.40. The number of hydrogen-bond acceptors (Lipinski definition) is 5. The first-order chi connectivity index (χ1) is 11.9. The molecule has 2 N–H and O–H groups in total. The van der Waals surface area contributed by atoms with Gasteiger partial charge in [0.2, 0.25) is 5.91 Å². The molecule has 7 heteroatoms. The van der Waals surface area contributed by atoms with Crippen molar-refractivity contribution in [2.24, 2.45) is 17.1 Å². The second kappa shape index (κ2) is 7.32. The van der Waals surface area contributed by atoms with E-state index in [1.807, 2.05) is 0 Å². The topological polar surface area (TPSA) is 79.5 Å². The number of carbonyl (C=O) groups excluding carboxylic acids is 2. The number of piperidine rings is 2. The van der Waals surface area contributed by atoms with E-state index in [0.29, 0.717) is 23.9 Å². The fraction of sp³-hybridized carbons (Fsp3) is 0.722. The molecule has 2 amide bonds. The van der Waals surface area contributed by atoms with Gasteiger partial charge in [-0.1, -0.05) is 13.8 Å². The van der Waals surface area contributed by atoms with Crippen LogP contribution in [-0.4, -0.2) is 47.9 Å². The number of thiazole rings is 1. The van der Waals surface area contributed by atoms with Crippen molar-refractivity contribution in [3.8, 4) is 0 Å². The normalized spacial score (nSPS) is 24.4. The second-order valence-corrected chi connectivity index (χ2v) is 8.74. The molecule has 3 rings (SSSR count). The predicted molar refractivity (Wildman–Crippen MR) is 99.8 cm³/mol. The Morgan fingerprint density at radius 1 is 1.40 bits per heavy atom. The molecule has 138 valence electrons. The molecular weight excluding hydrogens is 336 g/mol. The van der Waals surface area contributed by atoms with E-state index in [1.165, 1.54) is 11.3 Å². The number of likely N-dealkylation sites (tertiary alicyclic amines) is 1. The van der Waals surface area contributed by atoms with Crippen LogP contribution in [0.5, 0.6) is 0 Å². The Balaban J connectivity index is 1.70. The molecule has 0 radical (unpaired) electrons. The molecule has 25 heavy (non-hydrogen) atoms. The monoisotopic (exact) mass is 364 g/mol. The summed E-state index contributed by atoms with van der Waals surface area (Å²) in [5, 5.41) is 2.61. The van der Waals surface area contributed by atoms with Gasteiger partial charge in [0.05, 0.1) is 0 Å². The number of nitrogens with two attached hydrogens (primary N) is 1. The van der Waals surface area contributed by atoms with E-state index >= 15 is 0 Å². The van der Waals surface area contributed by atoms with Crippen LogP contribution in [0.25, 0.3) is 0 Å². The van der Waals surface area contributed by atoms with Gasteiger partial charge < -0.3 is 15.5 Å². The van der Waals surface area contributed by atoms with Gasteiger partial charge in [-0.25, -0.2) is 4.98 Å². The quantitative estimate of drug-likeness (QED) is 0.870. The van der Waals surface area contributed by atoms with E-state index in [-0.39, 0.29) is 5.41 Å². The number of aromatic nitrogens is 1. The third-order valence-corrected chi connectivity index (χ3v) is 6.30. The van der Waals surface area contributed by atoms with Crippen molar-refractivity contribution in [1.82, 2.24) is 9.88 Å². The van der Waals surface area contributed by atoms with Gasteiger partial charge in [-0.3, -0.25) is 9.59 Å². The Morgan fingerprint density at radius 2 is 2.20 bits per heavy atom. The molecule has 1 spiro atoms. The van der Waals surface area contributed by atoms with Gasteiger partial charge in [0, 0.05) is 43.4 Å². The number of carbonyl (C=O) groups is 2. The van der Waals surface area contributed by atoms with Crippen LogP contribution in [0.15, 0.2) is 5.38 Å². The molecule has 0 saturated carbocycles. The SMILES string of the molecule is CC(C)CCN1CC2(CCCN(c3nc(C(N)=O)cs3)C2)CCC1=O. The molecule has 2 aliphatic heterocycles. The van der Waals surface area contributed by atoms with E-state index in [0.717, 1.165) is 57.0 Å². The Kier molecular flexibility index (Phi) is 5.32. The standard InChI is InChI=1S/C18H28N4O2S/c1-13(2)5-9-21-11-18(7-4-15(21)23)6-3-8-22(12-18)17-20-14(10-25-17)16(19)24/h10,13H,3-9,11-12H2,1-2H3,(H2,19,24). The summed E-state index contributed by atoms with van der Waals surface area (Å²) in [6.07, 6.45) is 4.91. The Hall–Kier alpha value is -1.63. The fourth-order valence-corrected chi connectivity index (χ4v) is 4.79. The first-order valence-corrected chi connectivity index (χ1v) is 10.0. The molecule has 3 heterocycles. The van der Waals surface area contributed by atoms with Crippen LogP contribution in [-0.2, 0) is 4.79 Å². The smallest absolute Gasteiger partial charge is 0.268 e. The second-order valence-electron chi connectivity index (χ2n) is 7.90. The fourth-order valence-electron chi connectivity index (χ4n) is 3.95. The molecule has 0 aliphatic carbocycles. The van der Waals surface area contributed by atoms with Crippen LogP contribution >= 0.6 is 11.3 Å². The highest BCUT2D eigenvalue weighted by atomic mass is 32.1. The van der Waals surface area contributed by atoms with Crippen molar-refractivity contribution in [3.05, 3.63) is 11.1 Å². The van der Waals surface area contributed by atoms with Crippen LogP contribution in [0.4, 0.5) is 5.13 Å². The van der Waals surface area contributed by atoms with Crippen LogP contribution in [0.2, 0.25) is 0 Å². The van der Waals surface area contributed by atoms with Crippen molar-refractivity contribution in [2.45, 2.75) is 46.0 Å². The summed E-state index contributed by atoms with van der Waals surface area (Å²) in [5.74, 6) is 0.432. The Bertz CT molecular complexity index is 645. The van der Waals surface area contributed by atoms with E-state index in [1.54, 1.807) is 5.38 Å². The van der Waals surface area contributed by atoms with E-state index < -0.39 is 5.91 Å². The molecule has 0 aromatic carbocycles. The molecule has 1 aromatic rings. The van der Waals surface area contributed by atoms with Crippen molar-refractivity contribution in [2.75, 3.05) is 31.1 Å². The van der Waals surface area contributed by atoms with Gasteiger partial charge in [-0.2, -0.15) is 0 Å². The summed E-state index contributed by atoms with van der Waals surface area (Å²) < 4.78 is 0. The van der Waals surface area contributed by atoms with Gasteiger partial charge in [0.15, 0.2) is 5.13 Å². The number of nitrogens with zero attached hydrogens (tertiary/aromatic N) is 3. The molecule has 2 aliphatic rings. The van der Waals surface area contributed by atoms with E-state index in [9.17, 15) is 9.59 Å². The van der Waals surface area contributed by atoms with E-state index in [4.69, 9.17) is 5.73 Å². The summed E-state index contributed by atoms with van der Waals surface area (Å²) in [6, 6.07) is 0. The highest BCUT2D eigenvalue weighted by molar-refractivity contribution is 7.13. The lowest BCUT2D eigenvalue weighted by atomic mass is 9.73. The number of amides is 2. The first kappa shape index (κ1) is 18.2. The lowest BCUT2D eigenvalue weighted by molar-refractivity contribution is -0.138. The average molecular weight is 365 g/mol. The average Bonchev–Trinajstić information content (AvgIpc) is 3.06. The van der Waals surface area contributed by atoms with Crippen molar-refractivity contribution < 1.29 is 9.59 Å². The number of anilines is 1. The maximum Gasteiger partial charge on any atom is 0.268 e. The maximum atomic E-state index is 12.3. The highest BCUT2D eigenvalue weighted by Crippen LogP contribution is 2.40. The molecule has 2 saturated heterocycles. The van der Waals surface area contributed by atoms with Crippen LogP contribution in [0, 0.1) is 11.3 Å². The van der Waals surface area contributed by atoms with Crippen LogP contribution in [0.1, 0.15) is 56.4 Å². The summed E-state index contributed by atoms with van der Waals surface area (Å²) in [5.41, 5.74) is 5.83. The van der Waals surface area contributed by atoms with Gasteiger partial charge in [0.1, 0.15) is 5.69 Å². The van der Waals surface area contributed by atoms with Crippen LogP contribution < -0.4 is 10.6 Å². The van der Waals surface area contributed by atoms with Crippen molar-refractivity contribution >= 4 is 28.3 Å². The minimum Gasteiger partial charge on any atom is -0.364 e. The van der Waals surface area contributed by atoms with Gasteiger partial charge in [0.25, 0.3) is 5.91 Å². The minimum atomic E-state index is -0.475.